The van der Waals surface area contributed by atoms with E-state index >= 15 is 0 Å². The molecule has 0 saturated carbocycles. The van der Waals surface area contributed by atoms with E-state index < -0.39 is 5.72 Å². The molecule has 2 N–H and O–H groups in total. The Kier molecular flexibility index (Phi) is 5.43. The van der Waals surface area contributed by atoms with Gasteiger partial charge >= 0.3 is 6.03 Å². The molecule has 3 aromatic carbocycles. The third-order valence-electron chi connectivity index (χ3n) is 5.97. The minimum absolute atomic E-state index is 0.202. The maximum Gasteiger partial charge on any atom is 0.325 e. The van der Waals surface area contributed by atoms with Gasteiger partial charge in [-0.1, -0.05) is 41.4 Å². The molecule has 5 rings (SSSR count). The van der Waals surface area contributed by atoms with Crippen molar-refractivity contribution in [3.63, 3.8) is 0 Å². The van der Waals surface area contributed by atoms with Crippen molar-refractivity contribution in [2.24, 2.45) is 0 Å². The van der Waals surface area contributed by atoms with E-state index in [1.165, 1.54) is 0 Å². The number of benzene rings is 3. The molecule has 2 bridgehead atoms. The van der Waals surface area contributed by atoms with Crippen molar-refractivity contribution >= 4 is 40.8 Å². The highest BCUT2D eigenvalue weighted by atomic mass is 35.5. The van der Waals surface area contributed by atoms with Crippen LogP contribution in [0.15, 0.2) is 66.7 Å². The van der Waals surface area contributed by atoms with Gasteiger partial charge < -0.3 is 15.4 Å². The molecule has 33 heavy (non-hydrogen) atoms. The molecule has 2 aliphatic rings. The Hall–Kier alpha value is -3.22. The molecule has 2 aliphatic heterocycles. The number of nitrogens with one attached hydrogen (secondary N) is 2. The maximum absolute atomic E-state index is 13.1. The molecule has 0 aromatic heterocycles. The van der Waals surface area contributed by atoms with Crippen LogP contribution in [-0.2, 0) is 6.54 Å². The summed E-state index contributed by atoms with van der Waals surface area (Å²) in [4.78, 5) is 27.5. The molecule has 1 fully saturated rings. The van der Waals surface area contributed by atoms with Crippen molar-refractivity contribution < 1.29 is 14.3 Å². The van der Waals surface area contributed by atoms with Crippen molar-refractivity contribution in [1.29, 1.82) is 0 Å². The van der Waals surface area contributed by atoms with Crippen LogP contribution in [0.3, 0.4) is 0 Å². The normalized spacial score (nSPS) is 21.0. The molecule has 2 unspecified atom stereocenters. The molecule has 6 nitrogen and oxygen atoms in total. The smallest absolute Gasteiger partial charge is 0.325 e. The molecule has 0 radical (unpaired) electrons. The summed E-state index contributed by atoms with van der Waals surface area (Å²) in [7, 11) is 0. The van der Waals surface area contributed by atoms with Crippen LogP contribution in [0.1, 0.15) is 40.9 Å². The lowest BCUT2D eigenvalue weighted by Crippen LogP contribution is -2.65. The van der Waals surface area contributed by atoms with E-state index in [0.29, 0.717) is 40.0 Å². The predicted octanol–water partition coefficient (Wildman–Crippen LogP) is 5.69. The second kappa shape index (κ2) is 8.28. The van der Waals surface area contributed by atoms with Crippen molar-refractivity contribution in [1.82, 2.24) is 10.6 Å². The zero-order valence-electron chi connectivity index (χ0n) is 17.8. The molecule has 0 spiro atoms. The van der Waals surface area contributed by atoms with Crippen molar-refractivity contribution in [3.8, 4) is 5.75 Å². The standard InChI is InChI=1S/C25H21Cl2N3O3/c1-25-13-21(20-12-18(27)9-10-22(20)33-25)29-24(32)30(25)19-4-2-3-16(11-19)23(31)28-14-15-5-7-17(26)8-6-15/h2-12,21H,13-14H2,1H3,(H,28,31)(H,29,32). The minimum atomic E-state index is -0.910. The van der Waals surface area contributed by atoms with Crippen molar-refractivity contribution in [2.45, 2.75) is 31.7 Å². The average Bonchev–Trinajstić information content (AvgIpc) is 2.79. The predicted molar refractivity (Wildman–Crippen MR) is 128 cm³/mol. The highest BCUT2D eigenvalue weighted by molar-refractivity contribution is 6.30. The fourth-order valence-corrected chi connectivity index (χ4v) is 4.72. The molecule has 8 heteroatoms. The van der Waals surface area contributed by atoms with Gasteiger partial charge in [0, 0.05) is 34.1 Å². The first-order chi connectivity index (χ1) is 15.8. The van der Waals surface area contributed by atoms with Crippen molar-refractivity contribution in [3.05, 3.63) is 93.5 Å². The fraction of sp³-hybridized carbons (Fsp3) is 0.200. The number of carbonyl (C=O) groups is 2. The van der Waals surface area contributed by atoms with Gasteiger partial charge in [-0.15, -0.1) is 0 Å². The zero-order chi connectivity index (χ0) is 23.2. The summed E-state index contributed by atoms with van der Waals surface area (Å²) >= 11 is 12.1. The van der Waals surface area contributed by atoms with Gasteiger partial charge in [0.1, 0.15) is 5.75 Å². The van der Waals surface area contributed by atoms with Crippen LogP contribution in [0, 0.1) is 0 Å². The molecular formula is C25H21Cl2N3O3. The quantitative estimate of drug-likeness (QED) is 0.502. The third kappa shape index (κ3) is 4.12. The molecule has 1 saturated heterocycles. The monoisotopic (exact) mass is 481 g/mol. The minimum Gasteiger partial charge on any atom is -0.467 e. The van der Waals surface area contributed by atoms with Crippen LogP contribution in [0.2, 0.25) is 10.0 Å². The van der Waals surface area contributed by atoms with E-state index in [4.69, 9.17) is 27.9 Å². The van der Waals surface area contributed by atoms with Crippen molar-refractivity contribution in [2.75, 3.05) is 4.90 Å². The Bertz CT molecular complexity index is 1250. The lowest BCUT2D eigenvalue weighted by molar-refractivity contribution is 0.0378. The van der Waals surface area contributed by atoms with Crippen LogP contribution in [-0.4, -0.2) is 17.7 Å². The number of fused-ring (bicyclic) bond motifs is 4. The Morgan fingerprint density at radius 2 is 1.88 bits per heavy atom. The number of hydrogen-bond acceptors (Lipinski definition) is 3. The fourth-order valence-electron chi connectivity index (χ4n) is 4.41. The van der Waals surface area contributed by atoms with Gasteiger partial charge in [-0.05, 0) is 61.0 Å². The molecule has 3 amide bonds. The van der Waals surface area contributed by atoms with Crippen LogP contribution in [0.25, 0.3) is 0 Å². The molecule has 2 atom stereocenters. The van der Waals surface area contributed by atoms with E-state index in [2.05, 4.69) is 10.6 Å². The lowest BCUT2D eigenvalue weighted by atomic mass is 9.90. The SMILES string of the molecule is CC12CC(NC(=O)N1c1cccc(C(=O)NCc3ccc(Cl)cc3)c1)c1cc(Cl)ccc1O2. The summed E-state index contributed by atoms with van der Waals surface area (Å²) in [5.74, 6) is 0.441. The van der Waals surface area contributed by atoms with Gasteiger partial charge in [0.05, 0.1) is 11.7 Å². The molecular weight excluding hydrogens is 461 g/mol. The van der Waals surface area contributed by atoms with Crippen LogP contribution < -0.4 is 20.3 Å². The first-order valence-corrected chi connectivity index (χ1v) is 11.3. The topological polar surface area (TPSA) is 70.7 Å². The van der Waals surface area contributed by atoms with Gasteiger partial charge in [-0.3, -0.25) is 9.69 Å². The molecule has 0 aliphatic carbocycles. The zero-order valence-corrected chi connectivity index (χ0v) is 19.3. The average molecular weight is 482 g/mol. The molecule has 3 aromatic rings. The second-order valence-electron chi connectivity index (χ2n) is 8.36. The number of ether oxygens (including phenoxy) is 1. The maximum atomic E-state index is 13.1. The Morgan fingerprint density at radius 1 is 1.12 bits per heavy atom. The first-order valence-electron chi connectivity index (χ1n) is 10.5. The molecule has 168 valence electrons. The summed E-state index contributed by atoms with van der Waals surface area (Å²) in [6.07, 6.45) is 0.541. The lowest BCUT2D eigenvalue weighted by Gasteiger charge is -2.50. The Labute approximate surface area is 201 Å². The number of urea groups is 1. The van der Waals surface area contributed by atoms with Gasteiger partial charge in [0.2, 0.25) is 0 Å². The number of amides is 3. The highest BCUT2D eigenvalue weighted by Gasteiger charge is 2.49. The Morgan fingerprint density at radius 3 is 2.67 bits per heavy atom. The molecule has 2 heterocycles. The summed E-state index contributed by atoms with van der Waals surface area (Å²) in [6, 6.07) is 19.2. The van der Waals surface area contributed by atoms with E-state index in [0.717, 1.165) is 11.1 Å². The summed E-state index contributed by atoms with van der Waals surface area (Å²) in [6.45, 7) is 2.25. The number of carbonyl (C=O) groups excluding carboxylic acids is 2. The van der Waals surface area contributed by atoms with Crippen LogP contribution in [0.4, 0.5) is 10.5 Å². The largest absolute Gasteiger partial charge is 0.467 e. The van der Waals surface area contributed by atoms with E-state index in [1.807, 2.05) is 31.2 Å². The van der Waals surface area contributed by atoms with E-state index in [1.54, 1.807) is 47.4 Å². The van der Waals surface area contributed by atoms with E-state index in [9.17, 15) is 9.59 Å². The number of rotatable bonds is 4. The summed E-state index contributed by atoms with van der Waals surface area (Å²) in [5, 5.41) is 7.18. The van der Waals surface area contributed by atoms with Gasteiger partial charge in [0.25, 0.3) is 5.91 Å². The number of anilines is 1. The van der Waals surface area contributed by atoms with Crippen LogP contribution >= 0.6 is 23.2 Å². The Balaban J connectivity index is 1.39. The van der Waals surface area contributed by atoms with Gasteiger partial charge in [0.15, 0.2) is 5.72 Å². The van der Waals surface area contributed by atoms with Gasteiger partial charge in [-0.2, -0.15) is 0 Å². The summed E-state index contributed by atoms with van der Waals surface area (Å²) < 4.78 is 6.29. The van der Waals surface area contributed by atoms with Crippen LogP contribution in [0.5, 0.6) is 5.75 Å². The first kappa shape index (κ1) is 21.6. The highest BCUT2D eigenvalue weighted by Crippen LogP contribution is 2.46. The van der Waals surface area contributed by atoms with Gasteiger partial charge in [-0.25, -0.2) is 4.79 Å². The number of hydrogen-bond donors (Lipinski definition) is 2. The second-order valence-corrected chi connectivity index (χ2v) is 9.23. The van der Waals surface area contributed by atoms with E-state index in [-0.39, 0.29) is 18.0 Å². The number of nitrogens with zero attached hydrogens (tertiary/aromatic N) is 1. The third-order valence-corrected chi connectivity index (χ3v) is 6.45. The summed E-state index contributed by atoms with van der Waals surface area (Å²) in [5.41, 5.74) is 1.91. The number of halogens is 2.